The third kappa shape index (κ3) is 4.85. The minimum absolute atomic E-state index is 0.449. The molecule has 0 unspecified atom stereocenters. The number of anilines is 1. The Morgan fingerprint density at radius 3 is 1.88 bits per heavy atom. The number of rotatable bonds is 4. The summed E-state index contributed by atoms with van der Waals surface area (Å²) in [6.07, 6.45) is 0. The molecule has 0 fully saturated rings. The summed E-state index contributed by atoms with van der Waals surface area (Å²) in [4.78, 5) is 12.1. The van der Waals surface area contributed by atoms with Crippen LogP contribution in [0.2, 0.25) is 10.0 Å². The molecule has 0 aromatic heterocycles. The number of nitrogens with zero attached hydrogens (tertiary/aromatic N) is 1. The van der Waals surface area contributed by atoms with Gasteiger partial charge in [0.05, 0.1) is 5.71 Å². The van der Waals surface area contributed by atoms with E-state index in [0.29, 0.717) is 21.4 Å². The van der Waals surface area contributed by atoms with Crippen molar-refractivity contribution in [3.05, 3.63) is 100 Å². The normalized spacial score (nSPS) is 11.1. The van der Waals surface area contributed by atoms with Crippen molar-refractivity contribution in [1.29, 1.82) is 0 Å². The number of benzene rings is 3. The fourth-order valence-corrected chi connectivity index (χ4v) is 2.55. The van der Waals surface area contributed by atoms with Gasteiger partial charge in [-0.1, -0.05) is 65.7 Å². The molecule has 0 aliphatic carbocycles. The van der Waals surface area contributed by atoms with Gasteiger partial charge in [0.2, 0.25) is 0 Å². The topological polar surface area (TPSA) is 53.5 Å². The van der Waals surface area contributed by atoms with Crippen LogP contribution in [-0.4, -0.2) is 11.7 Å². The van der Waals surface area contributed by atoms with Gasteiger partial charge in [0.25, 0.3) is 0 Å². The van der Waals surface area contributed by atoms with E-state index in [0.717, 1.165) is 11.1 Å². The third-order valence-corrected chi connectivity index (χ3v) is 4.04. The highest BCUT2D eigenvalue weighted by molar-refractivity contribution is 6.31. The largest absolute Gasteiger partial charge is 0.339 e. The number of carbonyl (C=O) groups excluding carboxylic acids is 1. The maximum atomic E-state index is 12.1. The fraction of sp³-hybridized carbons (Fsp3) is 0. The van der Waals surface area contributed by atoms with E-state index >= 15 is 0 Å². The lowest BCUT2D eigenvalue weighted by Crippen LogP contribution is -2.26. The summed E-state index contributed by atoms with van der Waals surface area (Å²) in [5.74, 6) is 0. The third-order valence-electron chi connectivity index (χ3n) is 3.54. The molecule has 0 aliphatic heterocycles. The molecule has 3 aromatic carbocycles. The second-order valence-electron chi connectivity index (χ2n) is 5.41. The Hall–Kier alpha value is -2.82. The minimum atomic E-state index is -0.449. The van der Waals surface area contributed by atoms with Crippen molar-refractivity contribution >= 4 is 40.6 Å². The molecule has 0 radical (unpaired) electrons. The smallest absolute Gasteiger partial charge is 0.307 e. The van der Waals surface area contributed by atoms with Crippen molar-refractivity contribution in [3.8, 4) is 0 Å². The summed E-state index contributed by atoms with van der Waals surface area (Å²) in [6.45, 7) is 0. The maximum Gasteiger partial charge on any atom is 0.339 e. The molecular formula is C20H15Cl2N3O. The average molecular weight is 384 g/mol. The lowest BCUT2D eigenvalue weighted by atomic mass is 10.0. The van der Waals surface area contributed by atoms with Gasteiger partial charge < -0.3 is 5.32 Å². The van der Waals surface area contributed by atoms with Crippen LogP contribution in [0, 0.1) is 0 Å². The first-order valence-corrected chi connectivity index (χ1v) is 8.59. The highest BCUT2D eigenvalue weighted by Gasteiger charge is 2.08. The number of nitrogens with one attached hydrogen (secondary N) is 2. The van der Waals surface area contributed by atoms with Crippen LogP contribution in [0.5, 0.6) is 0 Å². The summed E-state index contributed by atoms with van der Waals surface area (Å²) in [7, 11) is 0. The second kappa shape index (κ2) is 8.52. The zero-order valence-corrected chi connectivity index (χ0v) is 15.1. The van der Waals surface area contributed by atoms with Crippen LogP contribution >= 0.6 is 23.2 Å². The van der Waals surface area contributed by atoms with E-state index in [1.165, 1.54) is 0 Å². The summed E-state index contributed by atoms with van der Waals surface area (Å²) >= 11 is 11.8. The number of hydrogen-bond donors (Lipinski definition) is 2. The number of hydrogen-bond acceptors (Lipinski definition) is 2. The van der Waals surface area contributed by atoms with Gasteiger partial charge in [-0.25, -0.2) is 10.2 Å². The van der Waals surface area contributed by atoms with Crippen molar-refractivity contribution < 1.29 is 4.79 Å². The van der Waals surface area contributed by atoms with E-state index in [4.69, 9.17) is 23.2 Å². The Morgan fingerprint density at radius 1 is 0.731 bits per heavy atom. The maximum absolute atomic E-state index is 12.1. The van der Waals surface area contributed by atoms with Crippen LogP contribution in [0.1, 0.15) is 11.1 Å². The molecule has 4 nitrogen and oxygen atoms in total. The molecule has 0 saturated carbocycles. The SMILES string of the molecule is O=C(N/N=C(\c1ccccc1)c1ccc(Cl)cc1)Nc1ccc(Cl)cc1. The molecule has 0 bridgehead atoms. The van der Waals surface area contributed by atoms with Crippen LogP contribution < -0.4 is 10.7 Å². The molecule has 0 aliphatic rings. The summed E-state index contributed by atoms with van der Waals surface area (Å²) in [6, 6.07) is 23.2. The average Bonchev–Trinajstić information content (AvgIpc) is 2.66. The van der Waals surface area contributed by atoms with E-state index in [2.05, 4.69) is 15.8 Å². The molecule has 2 amide bonds. The molecule has 0 atom stereocenters. The van der Waals surface area contributed by atoms with Crippen LogP contribution in [0.3, 0.4) is 0 Å². The Bertz CT molecular complexity index is 908. The molecule has 130 valence electrons. The van der Waals surface area contributed by atoms with Gasteiger partial charge in [-0.05, 0) is 36.4 Å². The van der Waals surface area contributed by atoms with Gasteiger partial charge in [0, 0.05) is 26.9 Å². The standard InChI is InChI=1S/C20H15Cl2N3O/c21-16-8-6-15(7-9-16)19(14-4-2-1-3-5-14)24-25-20(26)23-18-12-10-17(22)11-13-18/h1-13H,(H2,23,25,26)/b24-19+. The monoisotopic (exact) mass is 383 g/mol. The Labute approximate surface area is 161 Å². The first kappa shape index (κ1) is 18.0. The van der Waals surface area contributed by atoms with Crippen molar-refractivity contribution in [2.75, 3.05) is 5.32 Å². The van der Waals surface area contributed by atoms with E-state index in [1.807, 2.05) is 42.5 Å². The van der Waals surface area contributed by atoms with Crippen LogP contribution in [0.4, 0.5) is 10.5 Å². The molecule has 3 aromatic rings. The van der Waals surface area contributed by atoms with Gasteiger partial charge in [0.15, 0.2) is 0 Å². The quantitative estimate of drug-likeness (QED) is 0.449. The van der Waals surface area contributed by atoms with Crippen molar-refractivity contribution in [2.45, 2.75) is 0 Å². The summed E-state index contributed by atoms with van der Waals surface area (Å²) < 4.78 is 0. The Kier molecular flexibility index (Phi) is 5.89. The summed E-state index contributed by atoms with van der Waals surface area (Å²) in [5, 5.41) is 8.23. The van der Waals surface area contributed by atoms with Crippen LogP contribution in [-0.2, 0) is 0 Å². The molecular weight excluding hydrogens is 369 g/mol. The van der Waals surface area contributed by atoms with Gasteiger partial charge in [-0.15, -0.1) is 0 Å². The molecule has 26 heavy (non-hydrogen) atoms. The molecule has 2 N–H and O–H groups in total. The van der Waals surface area contributed by atoms with Gasteiger partial charge in [-0.3, -0.25) is 0 Å². The lowest BCUT2D eigenvalue weighted by molar-refractivity contribution is 0.252. The Balaban J connectivity index is 1.81. The highest BCUT2D eigenvalue weighted by atomic mass is 35.5. The number of hydrazone groups is 1. The fourth-order valence-electron chi connectivity index (χ4n) is 2.30. The van der Waals surface area contributed by atoms with Gasteiger partial charge >= 0.3 is 6.03 Å². The van der Waals surface area contributed by atoms with Crippen molar-refractivity contribution in [1.82, 2.24) is 5.43 Å². The molecule has 6 heteroatoms. The highest BCUT2D eigenvalue weighted by Crippen LogP contribution is 2.15. The van der Waals surface area contributed by atoms with Gasteiger partial charge in [0.1, 0.15) is 0 Å². The van der Waals surface area contributed by atoms with Crippen LogP contribution in [0.25, 0.3) is 0 Å². The van der Waals surface area contributed by atoms with E-state index < -0.39 is 6.03 Å². The lowest BCUT2D eigenvalue weighted by Gasteiger charge is -2.09. The van der Waals surface area contributed by atoms with Gasteiger partial charge in [-0.2, -0.15) is 5.10 Å². The first-order valence-electron chi connectivity index (χ1n) is 7.83. The number of amides is 2. The number of halogens is 2. The van der Waals surface area contributed by atoms with Crippen LogP contribution in [0.15, 0.2) is 84.0 Å². The zero-order chi connectivity index (χ0) is 18.4. The Morgan fingerprint density at radius 2 is 1.27 bits per heavy atom. The molecule has 3 rings (SSSR count). The second-order valence-corrected chi connectivity index (χ2v) is 6.28. The van der Waals surface area contributed by atoms with Crippen molar-refractivity contribution in [3.63, 3.8) is 0 Å². The molecule has 0 saturated heterocycles. The van der Waals surface area contributed by atoms with E-state index in [1.54, 1.807) is 36.4 Å². The summed E-state index contributed by atoms with van der Waals surface area (Å²) in [5.41, 5.74) is 5.50. The van der Waals surface area contributed by atoms with E-state index in [9.17, 15) is 4.79 Å². The predicted molar refractivity (Wildman–Crippen MR) is 107 cm³/mol. The zero-order valence-electron chi connectivity index (χ0n) is 13.6. The van der Waals surface area contributed by atoms with E-state index in [-0.39, 0.29) is 0 Å². The van der Waals surface area contributed by atoms with Crippen molar-refractivity contribution in [2.24, 2.45) is 5.10 Å². The number of urea groups is 1. The molecule has 0 heterocycles. The first-order chi connectivity index (χ1) is 12.6. The number of carbonyl (C=O) groups is 1. The molecule has 0 spiro atoms. The minimum Gasteiger partial charge on any atom is -0.307 e. The predicted octanol–water partition coefficient (Wildman–Crippen LogP) is 5.57.